The molecule has 0 aliphatic carbocycles. The van der Waals surface area contributed by atoms with Crippen LogP contribution < -0.4 is 22.1 Å². The molecule has 0 aromatic carbocycles. The first kappa shape index (κ1) is 13.8. The average molecular weight is 259 g/mol. The van der Waals surface area contributed by atoms with Crippen LogP contribution in [0.4, 0.5) is 0 Å². The number of amides is 1. The predicted octanol–water partition coefficient (Wildman–Crippen LogP) is -1.66. The van der Waals surface area contributed by atoms with Gasteiger partial charge >= 0.3 is 0 Å². The van der Waals surface area contributed by atoms with Crippen LogP contribution in [0.3, 0.4) is 0 Å². The summed E-state index contributed by atoms with van der Waals surface area (Å²) in [5, 5.41) is 5.71. The van der Waals surface area contributed by atoms with Crippen LogP contribution in [0, 0.1) is 0 Å². The normalized spacial score (nSPS) is 25.1. The number of carbonyl (C=O) groups is 2. The van der Waals surface area contributed by atoms with E-state index in [1.54, 1.807) is 6.92 Å². The third kappa shape index (κ3) is 4.23. The van der Waals surface area contributed by atoms with Gasteiger partial charge in [-0.2, -0.15) is 0 Å². The third-order valence-corrected chi connectivity index (χ3v) is 3.38. The Morgan fingerprint density at radius 1 is 1.53 bits per heavy atom. The zero-order chi connectivity index (χ0) is 13.0. The molecule has 17 heavy (non-hydrogen) atoms. The molecule has 1 rings (SSSR count). The molecule has 0 bridgehead atoms. The fraction of sp³-hybridized carbons (Fsp3) is 0.667. The summed E-state index contributed by atoms with van der Waals surface area (Å²) in [4.78, 5) is 26.5. The molecule has 8 heteroatoms. The molecule has 1 heterocycles. The van der Waals surface area contributed by atoms with E-state index in [0.717, 1.165) is 0 Å². The maximum atomic E-state index is 11.6. The summed E-state index contributed by atoms with van der Waals surface area (Å²) in [6.07, 6.45) is 0. The third-order valence-electron chi connectivity index (χ3n) is 2.27. The molecular weight excluding hydrogens is 242 g/mol. The van der Waals surface area contributed by atoms with Crippen LogP contribution in [-0.2, 0) is 9.59 Å². The molecule has 0 aromatic heterocycles. The number of ketones is 1. The molecule has 1 aliphatic heterocycles. The number of hydrogen-bond donors (Lipinski definition) is 4. The number of hydrogen-bond acceptors (Lipinski definition) is 5. The van der Waals surface area contributed by atoms with Crippen LogP contribution in [0.2, 0.25) is 0 Å². The standard InChI is InChI=1S/C9H17N5O2S/c1-4(12-8(10)11)7(16)14-9-13-6(3-17-9)5(2)15/h4,6,9,13H,3H2,1-2H3,(H,14,16)(H4,10,11,12)/t4-,6?,9?/m1/s1. The maximum Gasteiger partial charge on any atom is 0.246 e. The van der Waals surface area contributed by atoms with Crippen molar-refractivity contribution in [3.8, 4) is 0 Å². The molecule has 0 saturated carbocycles. The summed E-state index contributed by atoms with van der Waals surface area (Å²) in [5.41, 5.74) is 10.1. The van der Waals surface area contributed by atoms with Gasteiger partial charge < -0.3 is 16.8 Å². The van der Waals surface area contributed by atoms with Gasteiger partial charge in [-0.1, -0.05) is 0 Å². The van der Waals surface area contributed by atoms with Crippen LogP contribution in [0.5, 0.6) is 0 Å². The van der Waals surface area contributed by atoms with Crippen LogP contribution in [0.1, 0.15) is 13.8 Å². The summed E-state index contributed by atoms with van der Waals surface area (Å²) in [5.74, 6) is 0.303. The highest BCUT2D eigenvalue weighted by Gasteiger charge is 2.29. The van der Waals surface area contributed by atoms with Crippen molar-refractivity contribution < 1.29 is 9.59 Å². The van der Waals surface area contributed by atoms with Gasteiger partial charge in [0.2, 0.25) is 5.91 Å². The topological polar surface area (TPSA) is 123 Å². The highest BCUT2D eigenvalue weighted by atomic mass is 32.2. The smallest absolute Gasteiger partial charge is 0.246 e. The monoisotopic (exact) mass is 259 g/mol. The van der Waals surface area contributed by atoms with E-state index in [0.29, 0.717) is 5.75 Å². The van der Waals surface area contributed by atoms with Crippen molar-refractivity contribution in [3.63, 3.8) is 0 Å². The number of nitrogens with zero attached hydrogens (tertiary/aromatic N) is 1. The van der Waals surface area contributed by atoms with Crippen molar-refractivity contribution >= 4 is 29.4 Å². The highest BCUT2D eigenvalue weighted by molar-refractivity contribution is 8.00. The van der Waals surface area contributed by atoms with Crippen molar-refractivity contribution in [2.24, 2.45) is 16.5 Å². The number of rotatable bonds is 4. The minimum absolute atomic E-state index is 0.0616. The van der Waals surface area contributed by atoms with Crippen molar-refractivity contribution in [3.05, 3.63) is 0 Å². The van der Waals surface area contributed by atoms with Gasteiger partial charge in [0.25, 0.3) is 0 Å². The van der Waals surface area contributed by atoms with Gasteiger partial charge in [0.15, 0.2) is 5.96 Å². The van der Waals surface area contributed by atoms with Crippen LogP contribution >= 0.6 is 11.8 Å². The lowest BCUT2D eigenvalue weighted by molar-refractivity contribution is -0.123. The lowest BCUT2D eigenvalue weighted by Gasteiger charge is -2.15. The van der Waals surface area contributed by atoms with E-state index in [1.165, 1.54) is 18.7 Å². The van der Waals surface area contributed by atoms with Gasteiger partial charge in [0.1, 0.15) is 17.3 Å². The number of guanidine groups is 1. The van der Waals surface area contributed by atoms with E-state index in [4.69, 9.17) is 11.5 Å². The van der Waals surface area contributed by atoms with E-state index in [-0.39, 0.29) is 29.2 Å². The molecule has 7 nitrogen and oxygen atoms in total. The number of nitrogens with two attached hydrogens (primary N) is 2. The van der Waals surface area contributed by atoms with Crippen LogP contribution in [0.15, 0.2) is 4.99 Å². The number of aliphatic imine (C=N–C) groups is 1. The zero-order valence-corrected chi connectivity index (χ0v) is 10.6. The van der Waals surface area contributed by atoms with Gasteiger partial charge in [-0.05, 0) is 13.8 Å². The van der Waals surface area contributed by atoms with E-state index >= 15 is 0 Å². The molecule has 0 aromatic rings. The Labute approximate surface area is 104 Å². The lowest BCUT2D eigenvalue weighted by atomic mass is 10.2. The maximum absolute atomic E-state index is 11.6. The molecular formula is C9H17N5O2S. The number of carbonyl (C=O) groups excluding carboxylic acids is 2. The minimum Gasteiger partial charge on any atom is -0.370 e. The number of thioether (sulfide) groups is 1. The average Bonchev–Trinajstić information content (AvgIpc) is 2.65. The molecule has 0 radical (unpaired) electrons. The molecule has 1 saturated heterocycles. The fourth-order valence-corrected chi connectivity index (χ4v) is 2.50. The minimum atomic E-state index is -0.640. The zero-order valence-electron chi connectivity index (χ0n) is 9.77. The number of Topliss-reactive ketones (excluding diaryl/α,β-unsaturated/α-hetero) is 1. The molecule has 1 fully saturated rings. The Hall–Kier alpha value is -1.28. The Morgan fingerprint density at radius 3 is 2.65 bits per heavy atom. The largest absolute Gasteiger partial charge is 0.370 e. The summed E-state index contributed by atoms with van der Waals surface area (Å²) in [7, 11) is 0. The molecule has 2 unspecified atom stereocenters. The molecule has 1 amide bonds. The fourth-order valence-electron chi connectivity index (χ4n) is 1.32. The molecule has 0 spiro atoms. The first-order chi connectivity index (χ1) is 7.90. The SMILES string of the molecule is CC(=O)C1CSC(NC(=O)[C@@H](C)N=C(N)N)N1. The number of nitrogens with one attached hydrogen (secondary N) is 2. The van der Waals surface area contributed by atoms with Crippen molar-refractivity contribution in [1.82, 2.24) is 10.6 Å². The second kappa shape index (κ2) is 5.87. The molecule has 6 N–H and O–H groups in total. The van der Waals surface area contributed by atoms with E-state index in [2.05, 4.69) is 15.6 Å². The summed E-state index contributed by atoms with van der Waals surface area (Å²) >= 11 is 1.47. The van der Waals surface area contributed by atoms with Gasteiger partial charge in [-0.25, -0.2) is 4.99 Å². The summed E-state index contributed by atoms with van der Waals surface area (Å²) in [6.45, 7) is 3.11. The van der Waals surface area contributed by atoms with Gasteiger partial charge in [0.05, 0.1) is 6.04 Å². The lowest BCUT2D eigenvalue weighted by Crippen LogP contribution is -2.47. The Bertz CT molecular complexity index is 342. The van der Waals surface area contributed by atoms with Crippen LogP contribution in [-0.4, -0.2) is 41.0 Å². The Balaban J connectivity index is 2.43. The van der Waals surface area contributed by atoms with Gasteiger partial charge in [-0.3, -0.25) is 14.9 Å². The van der Waals surface area contributed by atoms with Crippen molar-refractivity contribution in [2.45, 2.75) is 31.4 Å². The predicted molar refractivity (Wildman–Crippen MR) is 67.3 cm³/mol. The Morgan fingerprint density at radius 2 is 2.18 bits per heavy atom. The van der Waals surface area contributed by atoms with Gasteiger partial charge in [0, 0.05) is 5.75 Å². The quantitative estimate of drug-likeness (QED) is 0.354. The summed E-state index contributed by atoms with van der Waals surface area (Å²) in [6, 6.07) is -0.845. The van der Waals surface area contributed by atoms with E-state index in [1.807, 2.05) is 0 Å². The first-order valence-electron chi connectivity index (χ1n) is 5.17. The molecule has 1 aliphatic rings. The Kier molecular flexibility index (Phi) is 4.76. The van der Waals surface area contributed by atoms with Gasteiger partial charge in [-0.15, -0.1) is 11.8 Å². The second-order valence-electron chi connectivity index (χ2n) is 3.78. The molecule has 3 atom stereocenters. The van der Waals surface area contributed by atoms with E-state index in [9.17, 15) is 9.59 Å². The first-order valence-corrected chi connectivity index (χ1v) is 6.22. The van der Waals surface area contributed by atoms with E-state index < -0.39 is 6.04 Å². The second-order valence-corrected chi connectivity index (χ2v) is 4.92. The summed E-state index contributed by atoms with van der Waals surface area (Å²) < 4.78 is 0. The van der Waals surface area contributed by atoms with Crippen LogP contribution in [0.25, 0.3) is 0 Å². The molecule has 96 valence electrons. The highest BCUT2D eigenvalue weighted by Crippen LogP contribution is 2.17. The van der Waals surface area contributed by atoms with Crippen molar-refractivity contribution in [1.29, 1.82) is 0 Å². The van der Waals surface area contributed by atoms with Crippen molar-refractivity contribution in [2.75, 3.05) is 5.75 Å².